The summed E-state index contributed by atoms with van der Waals surface area (Å²) in [4.78, 5) is 1.39. The van der Waals surface area contributed by atoms with Gasteiger partial charge in [0.25, 0.3) is 0 Å². The summed E-state index contributed by atoms with van der Waals surface area (Å²) in [5, 5.41) is 12.6. The van der Waals surface area contributed by atoms with Crippen LogP contribution < -0.4 is 5.32 Å². The number of hydrogen-bond donors (Lipinski definition) is 2. The van der Waals surface area contributed by atoms with Gasteiger partial charge in [0.2, 0.25) is 0 Å². The van der Waals surface area contributed by atoms with Crippen molar-refractivity contribution < 1.29 is 22.7 Å². The first-order valence-electron chi connectivity index (χ1n) is 6.81. The van der Waals surface area contributed by atoms with Crippen molar-refractivity contribution in [2.24, 2.45) is 5.92 Å². The van der Waals surface area contributed by atoms with Crippen LogP contribution in [0.15, 0.2) is 18.2 Å². The van der Waals surface area contributed by atoms with Crippen molar-refractivity contribution in [3.63, 3.8) is 0 Å². The van der Waals surface area contributed by atoms with Crippen molar-refractivity contribution in [3.05, 3.63) is 29.6 Å². The van der Waals surface area contributed by atoms with Crippen molar-refractivity contribution in [1.82, 2.24) is 10.2 Å². The van der Waals surface area contributed by atoms with Crippen LogP contribution in [0.2, 0.25) is 0 Å². The molecule has 1 saturated heterocycles. The van der Waals surface area contributed by atoms with Crippen LogP contribution in [0.4, 0.5) is 17.6 Å². The van der Waals surface area contributed by atoms with Crippen LogP contribution >= 0.6 is 0 Å². The number of nitrogens with zero attached hydrogens (tertiary/aromatic N) is 1. The maximum atomic E-state index is 13.1. The minimum absolute atomic E-state index is 0.142. The monoisotopic (exact) mass is 306 g/mol. The van der Waals surface area contributed by atoms with Gasteiger partial charge >= 0.3 is 6.18 Å². The Morgan fingerprint density at radius 2 is 2.10 bits per heavy atom. The van der Waals surface area contributed by atoms with E-state index in [1.54, 1.807) is 6.07 Å². The first kappa shape index (κ1) is 16.0. The molecule has 0 aliphatic carbocycles. The lowest BCUT2D eigenvalue weighted by Gasteiger charge is -2.18. The van der Waals surface area contributed by atoms with Crippen molar-refractivity contribution >= 4 is 0 Å². The van der Waals surface area contributed by atoms with Gasteiger partial charge in [-0.15, -0.1) is 0 Å². The topological polar surface area (TPSA) is 35.5 Å². The van der Waals surface area contributed by atoms with Crippen LogP contribution in [0.3, 0.4) is 0 Å². The van der Waals surface area contributed by atoms with E-state index >= 15 is 0 Å². The molecule has 3 nitrogen and oxygen atoms in total. The zero-order valence-corrected chi connectivity index (χ0v) is 11.5. The summed E-state index contributed by atoms with van der Waals surface area (Å²) in [6.07, 6.45) is -3.45. The summed E-state index contributed by atoms with van der Waals surface area (Å²) in [6, 6.07) is 4.29. The molecule has 118 valence electrons. The van der Waals surface area contributed by atoms with E-state index in [4.69, 9.17) is 0 Å². The molecule has 0 saturated carbocycles. The molecule has 0 amide bonds. The van der Waals surface area contributed by atoms with E-state index in [9.17, 15) is 22.7 Å². The predicted molar refractivity (Wildman–Crippen MR) is 70.4 cm³/mol. The lowest BCUT2D eigenvalue weighted by molar-refractivity contribution is -0.143. The molecule has 2 N–H and O–H groups in total. The molecule has 2 rings (SSSR count). The highest BCUT2D eigenvalue weighted by Crippen LogP contribution is 2.23. The summed E-state index contributed by atoms with van der Waals surface area (Å²) in [5.74, 6) is -0.912. The Balaban J connectivity index is 1.74. The van der Waals surface area contributed by atoms with Crippen LogP contribution in [0, 0.1) is 11.7 Å². The van der Waals surface area contributed by atoms with Crippen molar-refractivity contribution in [2.45, 2.75) is 19.1 Å². The van der Waals surface area contributed by atoms with E-state index in [-0.39, 0.29) is 11.7 Å². The molecule has 1 fully saturated rings. The smallest absolute Gasteiger partial charge is 0.401 e. The van der Waals surface area contributed by atoms with Gasteiger partial charge in [0.1, 0.15) is 0 Å². The molecule has 1 unspecified atom stereocenters. The Bertz CT molecular complexity index is 479. The number of alkyl halides is 3. The van der Waals surface area contributed by atoms with E-state index in [1.807, 2.05) is 0 Å². The number of phenolic OH excluding ortho intramolecular Hbond substituents is 1. The average molecular weight is 306 g/mol. The number of rotatable bonds is 5. The van der Waals surface area contributed by atoms with E-state index in [0.29, 0.717) is 38.2 Å². The summed E-state index contributed by atoms with van der Waals surface area (Å²) in [6.45, 7) is 0.816. The fourth-order valence-electron chi connectivity index (χ4n) is 2.59. The number of phenols is 1. The standard InChI is InChI=1S/C14H18F4N2O/c15-12-3-1-2-11(13(12)21)7-19-6-10-4-5-20(8-10)9-14(16,17)18/h1-3,10,19,21H,4-9H2. The first-order valence-corrected chi connectivity index (χ1v) is 6.81. The van der Waals surface area contributed by atoms with Crippen molar-refractivity contribution in [1.29, 1.82) is 0 Å². The molecule has 1 heterocycles. The molecule has 1 aromatic rings. The minimum Gasteiger partial charge on any atom is -0.505 e. The van der Waals surface area contributed by atoms with Gasteiger partial charge in [0, 0.05) is 18.7 Å². The Hall–Kier alpha value is -1.34. The Kier molecular flexibility index (Phi) is 5.05. The van der Waals surface area contributed by atoms with Crippen molar-refractivity contribution in [3.8, 4) is 5.75 Å². The van der Waals surface area contributed by atoms with Gasteiger partial charge in [-0.05, 0) is 31.5 Å². The van der Waals surface area contributed by atoms with Gasteiger partial charge in [-0.2, -0.15) is 13.2 Å². The normalized spacial score (nSPS) is 20.1. The quantitative estimate of drug-likeness (QED) is 0.821. The molecular weight excluding hydrogens is 288 g/mol. The number of likely N-dealkylation sites (tertiary alicyclic amines) is 1. The highest BCUT2D eigenvalue weighted by atomic mass is 19.4. The molecule has 0 spiro atoms. The minimum atomic E-state index is -4.16. The Labute approximate surface area is 120 Å². The third-order valence-corrected chi connectivity index (χ3v) is 3.59. The first-order chi connectivity index (χ1) is 9.85. The van der Waals surface area contributed by atoms with Crippen molar-refractivity contribution in [2.75, 3.05) is 26.2 Å². The van der Waals surface area contributed by atoms with Crippen LogP contribution in [0.5, 0.6) is 5.75 Å². The van der Waals surface area contributed by atoms with Gasteiger partial charge in [-0.3, -0.25) is 4.90 Å². The third-order valence-electron chi connectivity index (χ3n) is 3.59. The SMILES string of the molecule is Oc1c(F)cccc1CNCC1CCN(CC(F)(F)F)C1. The Morgan fingerprint density at radius 1 is 1.33 bits per heavy atom. The molecule has 1 aromatic carbocycles. The number of nitrogens with one attached hydrogen (secondary N) is 1. The third kappa shape index (κ3) is 4.86. The number of aromatic hydroxyl groups is 1. The largest absolute Gasteiger partial charge is 0.505 e. The number of para-hydroxylation sites is 1. The molecule has 1 atom stereocenters. The lowest BCUT2D eigenvalue weighted by atomic mass is 10.1. The maximum Gasteiger partial charge on any atom is 0.401 e. The van der Waals surface area contributed by atoms with E-state index < -0.39 is 18.5 Å². The molecule has 21 heavy (non-hydrogen) atoms. The second-order valence-corrected chi connectivity index (χ2v) is 5.38. The van der Waals surface area contributed by atoms with Gasteiger partial charge in [-0.25, -0.2) is 4.39 Å². The molecule has 0 bridgehead atoms. The van der Waals surface area contributed by atoms with Gasteiger partial charge in [-0.1, -0.05) is 12.1 Å². The molecule has 7 heteroatoms. The van der Waals surface area contributed by atoms with Crippen LogP contribution in [-0.2, 0) is 6.54 Å². The lowest BCUT2D eigenvalue weighted by Crippen LogP contribution is -2.33. The highest BCUT2D eigenvalue weighted by Gasteiger charge is 2.34. The number of benzene rings is 1. The molecular formula is C14H18F4N2O. The fraction of sp³-hybridized carbons (Fsp3) is 0.571. The zero-order chi connectivity index (χ0) is 15.5. The molecule has 1 aliphatic heterocycles. The summed E-state index contributed by atoms with van der Waals surface area (Å²) in [7, 11) is 0. The summed E-state index contributed by atoms with van der Waals surface area (Å²) >= 11 is 0. The van der Waals surface area contributed by atoms with Crippen LogP contribution in [0.25, 0.3) is 0 Å². The molecule has 0 aromatic heterocycles. The van der Waals surface area contributed by atoms with Gasteiger partial charge in [0.15, 0.2) is 11.6 Å². The maximum absolute atomic E-state index is 13.1. The number of hydrogen-bond acceptors (Lipinski definition) is 3. The summed E-state index contributed by atoms with van der Waals surface area (Å²) in [5.41, 5.74) is 0.445. The van der Waals surface area contributed by atoms with Crippen LogP contribution in [0.1, 0.15) is 12.0 Å². The molecule has 0 radical (unpaired) electrons. The number of halogens is 4. The summed E-state index contributed by atoms with van der Waals surface area (Å²) < 4.78 is 49.9. The zero-order valence-electron chi connectivity index (χ0n) is 11.5. The second-order valence-electron chi connectivity index (χ2n) is 5.38. The van der Waals surface area contributed by atoms with E-state index in [2.05, 4.69) is 5.32 Å². The fourth-order valence-corrected chi connectivity index (χ4v) is 2.59. The van der Waals surface area contributed by atoms with E-state index in [0.717, 1.165) is 0 Å². The van der Waals surface area contributed by atoms with Gasteiger partial charge < -0.3 is 10.4 Å². The van der Waals surface area contributed by atoms with Crippen LogP contribution in [-0.4, -0.2) is 42.4 Å². The second kappa shape index (κ2) is 6.62. The highest BCUT2D eigenvalue weighted by molar-refractivity contribution is 5.33. The van der Waals surface area contributed by atoms with E-state index in [1.165, 1.54) is 17.0 Å². The Morgan fingerprint density at radius 3 is 2.81 bits per heavy atom. The van der Waals surface area contributed by atoms with Gasteiger partial charge in [0.05, 0.1) is 6.54 Å². The predicted octanol–water partition coefficient (Wildman–Crippen LogP) is 2.51. The molecule has 1 aliphatic rings. The average Bonchev–Trinajstić information content (AvgIpc) is 2.80.